The first-order chi connectivity index (χ1) is 17.0. The lowest BCUT2D eigenvalue weighted by Gasteiger charge is -2.29. The summed E-state index contributed by atoms with van der Waals surface area (Å²) < 4.78 is 16.9. The molecule has 4 aromatic rings. The maximum absolute atomic E-state index is 13.8. The first kappa shape index (κ1) is 22.3. The van der Waals surface area contributed by atoms with Crippen molar-refractivity contribution in [1.29, 1.82) is 0 Å². The molecular weight excluding hydrogens is 503 g/mol. The van der Waals surface area contributed by atoms with Crippen LogP contribution in [0, 0.1) is 5.82 Å². The number of hydrogen-bond acceptors (Lipinski definition) is 1. The lowest BCUT2D eigenvalue weighted by molar-refractivity contribution is -0.127. The number of carbonyl (C=O) groups is 1. The minimum atomic E-state index is -0.262. The van der Waals surface area contributed by atoms with Gasteiger partial charge in [-0.05, 0) is 72.7 Å². The molecule has 1 atom stereocenters. The Morgan fingerprint density at radius 1 is 0.943 bits per heavy atom. The minimum absolute atomic E-state index is 0.128. The molecule has 2 heterocycles. The standard InChI is InChI=1S/C30H26BrFN2O/c1-33-26-9-5-4-8-25(26)27(28(33)20-12-14-21(31)15-13-20)29-23-6-2-3-7-24(23)30(35)34(29)18-19-10-16-22(32)17-11-19/h4-5,8-17,29H,2-3,6-7,18H2,1H3/t29-/m1/s1. The first-order valence-electron chi connectivity index (χ1n) is 12.1. The molecule has 0 unspecified atom stereocenters. The predicted molar refractivity (Wildman–Crippen MR) is 141 cm³/mol. The molecule has 1 aliphatic heterocycles. The van der Waals surface area contributed by atoms with Crippen molar-refractivity contribution < 1.29 is 9.18 Å². The Labute approximate surface area is 213 Å². The van der Waals surface area contributed by atoms with Crippen molar-refractivity contribution in [3.05, 3.63) is 105 Å². The van der Waals surface area contributed by atoms with Crippen molar-refractivity contribution in [2.75, 3.05) is 0 Å². The van der Waals surface area contributed by atoms with Gasteiger partial charge in [0.15, 0.2) is 0 Å². The Morgan fingerprint density at radius 2 is 1.66 bits per heavy atom. The lowest BCUT2D eigenvalue weighted by atomic mass is 9.86. The number of benzene rings is 3. The molecule has 35 heavy (non-hydrogen) atoms. The van der Waals surface area contributed by atoms with Gasteiger partial charge in [0.25, 0.3) is 5.91 Å². The van der Waals surface area contributed by atoms with Gasteiger partial charge in [-0.15, -0.1) is 0 Å². The van der Waals surface area contributed by atoms with E-state index >= 15 is 0 Å². The number of fused-ring (bicyclic) bond motifs is 1. The zero-order chi connectivity index (χ0) is 24.1. The summed E-state index contributed by atoms with van der Waals surface area (Å²) in [7, 11) is 2.11. The number of carbonyl (C=O) groups excluding carboxylic acids is 1. The summed E-state index contributed by atoms with van der Waals surface area (Å²) in [4.78, 5) is 15.8. The second kappa shape index (κ2) is 8.80. The predicted octanol–water partition coefficient (Wildman–Crippen LogP) is 7.70. The summed E-state index contributed by atoms with van der Waals surface area (Å²) in [5.74, 6) is -0.134. The number of para-hydroxylation sites is 1. The fourth-order valence-electron chi connectivity index (χ4n) is 5.89. The molecule has 1 amide bonds. The second-order valence-electron chi connectivity index (χ2n) is 9.52. The highest BCUT2D eigenvalue weighted by Gasteiger charge is 2.43. The normalized spacial score (nSPS) is 18.0. The number of aryl methyl sites for hydroxylation is 1. The van der Waals surface area contributed by atoms with Crippen LogP contribution in [0.2, 0.25) is 0 Å². The van der Waals surface area contributed by atoms with Gasteiger partial charge in [0.2, 0.25) is 0 Å². The van der Waals surface area contributed by atoms with Crippen molar-refractivity contribution in [3.63, 3.8) is 0 Å². The average Bonchev–Trinajstić information content (AvgIpc) is 3.32. The molecular formula is C30H26BrFN2O. The van der Waals surface area contributed by atoms with E-state index < -0.39 is 0 Å². The van der Waals surface area contributed by atoms with Crippen LogP contribution in [0.15, 0.2) is 88.4 Å². The molecule has 6 rings (SSSR count). The molecule has 176 valence electrons. The van der Waals surface area contributed by atoms with Crippen LogP contribution in [0.3, 0.4) is 0 Å². The number of amides is 1. The average molecular weight is 529 g/mol. The highest BCUT2D eigenvalue weighted by Crippen LogP contribution is 2.50. The number of halogens is 2. The molecule has 0 N–H and O–H groups in total. The van der Waals surface area contributed by atoms with Crippen LogP contribution in [0.5, 0.6) is 0 Å². The van der Waals surface area contributed by atoms with E-state index in [1.807, 2.05) is 4.90 Å². The maximum atomic E-state index is 13.8. The van der Waals surface area contributed by atoms with Gasteiger partial charge in [0.05, 0.1) is 11.7 Å². The van der Waals surface area contributed by atoms with Gasteiger partial charge >= 0.3 is 0 Å². The Bertz CT molecular complexity index is 1470. The van der Waals surface area contributed by atoms with Crippen LogP contribution in [0.1, 0.15) is 42.9 Å². The Kier molecular flexibility index (Phi) is 5.60. The van der Waals surface area contributed by atoms with Crippen LogP contribution in [-0.4, -0.2) is 15.4 Å². The number of hydrogen-bond donors (Lipinski definition) is 0. The molecule has 0 saturated heterocycles. The molecule has 3 nitrogen and oxygen atoms in total. The topological polar surface area (TPSA) is 25.2 Å². The summed E-state index contributed by atoms with van der Waals surface area (Å²) in [6.07, 6.45) is 3.93. The van der Waals surface area contributed by atoms with Crippen LogP contribution < -0.4 is 0 Å². The maximum Gasteiger partial charge on any atom is 0.250 e. The van der Waals surface area contributed by atoms with Crippen LogP contribution in [0.25, 0.3) is 22.2 Å². The van der Waals surface area contributed by atoms with Gasteiger partial charge in [0.1, 0.15) is 5.82 Å². The summed E-state index contributed by atoms with van der Waals surface area (Å²) in [5, 5.41) is 1.18. The highest BCUT2D eigenvalue weighted by molar-refractivity contribution is 9.10. The van der Waals surface area contributed by atoms with Crippen molar-refractivity contribution in [2.24, 2.45) is 7.05 Å². The Balaban J connectivity index is 1.58. The molecule has 0 spiro atoms. The third-order valence-corrected chi connectivity index (χ3v) is 8.00. The quantitative estimate of drug-likeness (QED) is 0.266. The summed E-state index contributed by atoms with van der Waals surface area (Å²) in [6.45, 7) is 0.458. The van der Waals surface area contributed by atoms with Gasteiger partial charge < -0.3 is 9.47 Å². The third-order valence-electron chi connectivity index (χ3n) is 7.47. The molecule has 3 aromatic carbocycles. The van der Waals surface area contributed by atoms with E-state index in [-0.39, 0.29) is 17.8 Å². The molecule has 0 radical (unpaired) electrons. The van der Waals surface area contributed by atoms with E-state index in [4.69, 9.17) is 0 Å². The lowest BCUT2D eigenvalue weighted by Crippen LogP contribution is -2.30. The monoisotopic (exact) mass is 528 g/mol. The number of aromatic nitrogens is 1. The van der Waals surface area contributed by atoms with Crippen molar-refractivity contribution in [2.45, 2.75) is 38.3 Å². The molecule has 0 saturated carbocycles. The number of nitrogens with zero attached hydrogens (tertiary/aromatic N) is 2. The molecule has 1 aromatic heterocycles. The third kappa shape index (κ3) is 3.73. The van der Waals surface area contributed by atoms with Crippen LogP contribution in [0.4, 0.5) is 4.39 Å². The van der Waals surface area contributed by atoms with E-state index in [2.05, 4.69) is 76.1 Å². The molecule has 1 aliphatic carbocycles. The fourth-order valence-corrected chi connectivity index (χ4v) is 6.15. The molecule has 0 bridgehead atoms. The minimum Gasteiger partial charge on any atom is -0.343 e. The van der Waals surface area contributed by atoms with Crippen LogP contribution >= 0.6 is 15.9 Å². The van der Waals surface area contributed by atoms with E-state index in [9.17, 15) is 9.18 Å². The summed E-state index contributed by atoms with van der Waals surface area (Å²) >= 11 is 3.57. The van der Waals surface area contributed by atoms with Gasteiger partial charge in [-0.1, -0.05) is 58.4 Å². The smallest absolute Gasteiger partial charge is 0.250 e. The van der Waals surface area contributed by atoms with Gasteiger partial charge in [-0.25, -0.2) is 4.39 Å². The van der Waals surface area contributed by atoms with Crippen molar-refractivity contribution >= 4 is 32.7 Å². The van der Waals surface area contributed by atoms with Crippen LogP contribution in [-0.2, 0) is 18.4 Å². The highest BCUT2D eigenvalue weighted by atomic mass is 79.9. The largest absolute Gasteiger partial charge is 0.343 e. The molecule has 5 heteroatoms. The summed E-state index contributed by atoms with van der Waals surface area (Å²) in [5.41, 5.74) is 7.79. The SMILES string of the molecule is Cn1c(-c2ccc(Br)cc2)c([C@H]2C3=C(CCCC3)C(=O)N2Cc2ccc(F)cc2)c2ccccc21. The number of rotatable bonds is 4. The summed E-state index contributed by atoms with van der Waals surface area (Å²) in [6, 6.07) is 23.3. The van der Waals surface area contributed by atoms with E-state index in [1.165, 1.54) is 28.7 Å². The van der Waals surface area contributed by atoms with Crippen molar-refractivity contribution in [1.82, 2.24) is 9.47 Å². The van der Waals surface area contributed by atoms with E-state index in [0.717, 1.165) is 58.1 Å². The van der Waals surface area contributed by atoms with E-state index in [1.54, 1.807) is 12.1 Å². The molecule has 2 aliphatic rings. The van der Waals surface area contributed by atoms with E-state index in [0.29, 0.717) is 6.54 Å². The van der Waals surface area contributed by atoms with Gasteiger partial charge in [0, 0.05) is 40.1 Å². The zero-order valence-corrected chi connectivity index (χ0v) is 21.2. The molecule has 0 fully saturated rings. The van der Waals surface area contributed by atoms with Gasteiger partial charge in [-0.2, -0.15) is 0 Å². The van der Waals surface area contributed by atoms with Crippen molar-refractivity contribution in [3.8, 4) is 11.3 Å². The fraction of sp³-hybridized carbons (Fsp3) is 0.233. The second-order valence-corrected chi connectivity index (χ2v) is 10.4. The first-order valence-corrected chi connectivity index (χ1v) is 12.9. The Morgan fingerprint density at radius 3 is 2.43 bits per heavy atom. The zero-order valence-electron chi connectivity index (χ0n) is 19.6. The van der Waals surface area contributed by atoms with Gasteiger partial charge in [-0.3, -0.25) is 4.79 Å². The Hall–Kier alpha value is -3.18.